The van der Waals surface area contributed by atoms with Gasteiger partial charge < -0.3 is 0 Å². The van der Waals surface area contributed by atoms with Gasteiger partial charge in [0.1, 0.15) is 0 Å². The quantitative estimate of drug-likeness (QED) is 0.209. The van der Waals surface area contributed by atoms with E-state index in [1.165, 1.54) is 0 Å². The molecule has 0 aliphatic carbocycles. The monoisotopic (exact) mass is 766 g/mol. The van der Waals surface area contributed by atoms with Gasteiger partial charge in [0.25, 0.3) is 0 Å². The van der Waals surface area contributed by atoms with E-state index in [2.05, 4.69) is 0 Å². The molecule has 0 atom stereocenters. The molecule has 0 bridgehead atoms. The predicted octanol–water partition coefficient (Wildman–Crippen LogP) is -8.62. The van der Waals surface area contributed by atoms with Gasteiger partial charge in [-0.25, -0.2) is 0 Å². The van der Waals surface area contributed by atoms with Gasteiger partial charge in [-0.05, 0) is 0 Å². The predicted molar refractivity (Wildman–Crippen MR) is 15.6 cm³/mol. The van der Waals surface area contributed by atoms with E-state index in [0.717, 1.165) is 0 Å². The van der Waals surface area contributed by atoms with Gasteiger partial charge in [0.05, 0.1) is 0 Å². The summed E-state index contributed by atoms with van der Waals surface area (Å²) in [6.07, 6.45) is 0. The molecule has 0 aromatic heterocycles. The van der Waals surface area contributed by atoms with Crippen molar-refractivity contribution in [2.24, 2.45) is 0 Å². The summed E-state index contributed by atoms with van der Waals surface area (Å²) >= 11 is -17.2. The minimum atomic E-state index is -5.75. The van der Waals surface area contributed by atoms with Gasteiger partial charge in [-0.2, -0.15) is 0 Å². The van der Waals surface area contributed by atoms with Crippen molar-refractivity contribution in [2.75, 3.05) is 0 Å². The third-order valence-electron chi connectivity index (χ3n) is 0. The molecule has 17 heteroatoms. The molecule has 0 amide bonds. The molecule has 0 spiro atoms. The van der Waals surface area contributed by atoms with Crippen LogP contribution in [0.15, 0.2) is 0 Å². The fourth-order valence-electron chi connectivity index (χ4n) is 0. The van der Waals surface area contributed by atoms with Crippen molar-refractivity contribution < 1.29 is 88.6 Å². The molecule has 0 heterocycles. The van der Waals surface area contributed by atoms with Gasteiger partial charge in [0, 0.05) is 0 Å². The Kier molecular flexibility index (Phi) is 23.9. The van der Waals surface area contributed by atoms with Crippen molar-refractivity contribution in [2.45, 2.75) is 0 Å². The molecule has 0 aromatic carbocycles. The first-order valence-electron chi connectivity index (χ1n) is 2.00. The van der Waals surface area contributed by atoms with Gasteiger partial charge in [0.2, 0.25) is 0 Å². The van der Waals surface area contributed by atoms with Crippen LogP contribution in [-0.4, -0.2) is 52.4 Å². The number of hydrogen-bond donors (Lipinski definition) is 0. The second kappa shape index (κ2) is 12.9. The van der Waals surface area contributed by atoms with E-state index >= 15 is 0 Å². The zero-order chi connectivity index (χ0) is 13.5. The van der Waals surface area contributed by atoms with Crippen molar-refractivity contribution in [1.29, 1.82) is 0 Å². The average Bonchev–Trinajstić information content (AvgIpc) is 1.41. The van der Waals surface area contributed by atoms with Crippen molar-refractivity contribution in [3.63, 3.8) is 0 Å². The van der Waals surface area contributed by atoms with Crippen LogP contribution in [0.5, 0.6) is 0 Å². The Bertz CT molecular complexity index is 341. The summed E-state index contributed by atoms with van der Waals surface area (Å²) < 4.78 is 103. The Labute approximate surface area is 139 Å². The summed E-state index contributed by atoms with van der Waals surface area (Å²) in [5.74, 6) is 0. The standard InChI is InChI=1S/2Bi.3Cr.12O/q2*+3;;;;;;;;;;6*-1. The third-order valence-corrected chi connectivity index (χ3v) is 0. The average molecular weight is 766 g/mol. The summed E-state index contributed by atoms with van der Waals surface area (Å²) in [7, 11) is 0. The fraction of sp³-hybridized carbons (Fsp3) is 0. The van der Waals surface area contributed by atoms with E-state index in [9.17, 15) is 0 Å². The van der Waals surface area contributed by atoms with Crippen LogP contribution in [0.3, 0.4) is 0 Å². The minimum absolute atomic E-state index is 0. The van der Waals surface area contributed by atoms with E-state index in [4.69, 9.17) is 47.8 Å². The molecule has 0 saturated carbocycles. The second-order valence-corrected chi connectivity index (χ2v) is 5.05. The molecule has 0 aliphatic rings. The van der Waals surface area contributed by atoms with Crippen molar-refractivity contribution in [3.05, 3.63) is 0 Å². The molecule has 17 heavy (non-hydrogen) atoms. The fourth-order valence-corrected chi connectivity index (χ4v) is 0. The van der Waals surface area contributed by atoms with Gasteiger partial charge in [-0.1, -0.05) is 0 Å². The topological polar surface area (TPSA) is 241 Å². The molecule has 0 aliphatic heterocycles. The van der Waals surface area contributed by atoms with Gasteiger partial charge in [-0.3, -0.25) is 0 Å². The molecule has 0 N–H and O–H groups in total. The maximum absolute atomic E-state index is 8.59. The van der Waals surface area contributed by atoms with Crippen LogP contribution in [0.1, 0.15) is 0 Å². The summed E-state index contributed by atoms with van der Waals surface area (Å²) in [6, 6.07) is 0. The Morgan fingerprint density at radius 1 is 0.412 bits per heavy atom. The molecule has 0 saturated heterocycles. The first kappa shape index (κ1) is 31.4. The molecule has 0 rings (SSSR count). The van der Waals surface area contributed by atoms with E-state index in [1.54, 1.807) is 0 Å². The normalized spacial score (nSPS) is 10.2. The van der Waals surface area contributed by atoms with Gasteiger partial charge in [-0.15, -0.1) is 0 Å². The van der Waals surface area contributed by atoms with Crippen LogP contribution in [-0.2, 0) is 63.7 Å². The van der Waals surface area contributed by atoms with Crippen LogP contribution >= 0.6 is 0 Å². The van der Waals surface area contributed by atoms with Gasteiger partial charge in [0.15, 0.2) is 0 Å². The molecule has 0 aromatic rings. The maximum atomic E-state index is 8.59. The van der Waals surface area contributed by atoms with E-state index in [-0.39, 0.29) is 52.4 Å². The van der Waals surface area contributed by atoms with Gasteiger partial charge >= 0.3 is 141 Å². The van der Waals surface area contributed by atoms with Crippen LogP contribution in [0.2, 0.25) is 0 Å². The first-order chi connectivity index (χ1) is 6.00. The molecule has 4 radical (unpaired) electrons. The summed E-state index contributed by atoms with van der Waals surface area (Å²) in [5, 5.41) is 0. The van der Waals surface area contributed by atoms with Crippen LogP contribution in [0.4, 0.5) is 0 Å². The molecular weight excluding hydrogens is 766 g/mol. The first-order valence-corrected chi connectivity index (χ1v) is 8.25. The van der Waals surface area contributed by atoms with E-state index in [1.807, 2.05) is 0 Å². The van der Waals surface area contributed by atoms with Crippen molar-refractivity contribution in [1.82, 2.24) is 0 Å². The summed E-state index contributed by atoms with van der Waals surface area (Å²) in [5.41, 5.74) is 0. The number of rotatable bonds is 0. The zero-order valence-corrected chi connectivity index (χ0v) is 17.8. The number of hydrogen-bond acceptors (Lipinski definition) is 12. The molecule has 100 valence electrons. The van der Waals surface area contributed by atoms with Crippen molar-refractivity contribution >= 4 is 52.4 Å². The second-order valence-electron chi connectivity index (χ2n) is 1.22. The van der Waals surface area contributed by atoms with E-state index < -0.39 is 40.8 Å². The van der Waals surface area contributed by atoms with Crippen molar-refractivity contribution in [3.8, 4) is 0 Å². The summed E-state index contributed by atoms with van der Waals surface area (Å²) in [6.45, 7) is 0. The van der Waals surface area contributed by atoms with Crippen LogP contribution < -0.4 is 24.9 Å². The zero-order valence-electron chi connectivity index (χ0n) is 7.02. The molecule has 0 fully saturated rings. The Morgan fingerprint density at radius 2 is 0.412 bits per heavy atom. The Morgan fingerprint density at radius 3 is 0.412 bits per heavy atom. The van der Waals surface area contributed by atoms with E-state index in [0.29, 0.717) is 0 Å². The van der Waals surface area contributed by atoms with Crippen LogP contribution in [0.25, 0.3) is 0 Å². The third kappa shape index (κ3) is 1230. The SMILES string of the molecule is [Bi+3].[Bi+3].[O]=[Cr](=[O])([O-])[O-].[O]=[Cr](=[O])([O-])[O-].[O]=[Cr](=[O])([O-])[O-]. The molecule has 12 nitrogen and oxygen atoms in total. The Hall–Kier alpha value is 1.92. The van der Waals surface area contributed by atoms with Crippen LogP contribution in [0, 0.1) is 0 Å². The molecular formula is Bi2Cr3O12. The molecule has 0 unspecified atom stereocenters. The summed E-state index contributed by atoms with van der Waals surface area (Å²) in [4.78, 5) is 0. The Balaban J connectivity index is -0.0000000400.